The molecule has 1 aliphatic heterocycles. The number of carbonyl (C=O) groups is 1. The van der Waals surface area contributed by atoms with Crippen LogP contribution in [0.25, 0.3) is 0 Å². The molecule has 10 heteroatoms. The zero-order valence-electron chi connectivity index (χ0n) is 19.7. The number of hydrogen-bond donors (Lipinski definition) is 0. The lowest BCUT2D eigenvalue weighted by Gasteiger charge is -2.40. The fourth-order valence-electron chi connectivity index (χ4n) is 4.78. The Balaban J connectivity index is 1.65. The lowest BCUT2D eigenvalue weighted by molar-refractivity contribution is -0.138. The van der Waals surface area contributed by atoms with Gasteiger partial charge in [-0.1, -0.05) is 23.2 Å². The van der Waals surface area contributed by atoms with E-state index in [0.717, 1.165) is 26.2 Å². The minimum absolute atomic E-state index is 0.0381. The topological polar surface area (TPSA) is 70.2 Å². The Bertz CT molecular complexity index is 912. The third-order valence-electron chi connectivity index (χ3n) is 6.82. The molecule has 33 heavy (non-hydrogen) atoms. The first-order valence-electron chi connectivity index (χ1n) is 11.6. The molecule has 0 unspecified atom stereocenters. The molecule has 1 amide bonds. The summed E-state index contributed by atoms with van der Waals surface area (Å²) >= 11 is 12.1. The van der Waals surface area contributed by atoms with E-state index in [2.05, 4.69) is 18.7 Å². The van der Waals surface area contributed by atoms with Crippen molar-refractivity contribution in [2.45, 2.75) is 56.5 Å². The zero-order chi connectivity index (χ0) is 24.2. The van der Waals surface area contributed by atoms with Crippen LogP contribution in [0.3, 0.4) is 0 Å². The maximum atomic E-state index is 13.4. The minimum Gasteiger partial charge on any atom is -0.383 e. The van der Waals surface area contributed by atoms with Crippen molar-refractivity contribution in [2.24, 2.45) is 5.92 Å². The van der Waals surface area contributed by atoms with Crippen molar-refractivity contribution in [3.05, 3.63) is 28.2 Å². The smallest absolute Gasteiger partial charge is 0.243 e. The van der Waals surface area contributed by atoms with Gasteiger partial charge in [-0.15, -0.1) is 0 Å². The van der Waals surface area contributed by atoms with Crippen LogP contribution in [0.2, 0.25) is 10.0 Å². The Hall–Kier alpha value is -0.900. The average Bonchev–Trinajstić information content (AvgIpc) is 2.81. The van der Waals surface area contributed by atoms with Gasteiger partial charge in [-0.25, -0.2) is 8.42 Å². The van der Waals surface area contributed by atoms with Crippen molar-refractivity contribution < 1.29 is 17.9 Å². The number of nitrogens with zero attached hydrogens (tertiary/aromatic N) is 3. The largest absolute Gasteiger partial charge is 0.383 e. The van der Waals surface area contributed by atoms with Gasteiger partial charge in [0.05, 0.1) is 21.5 Å². The molecule has 1 aliphatic carbocycles. The van der Waals surface area contributed by atoms with Gasteiger partial charge in [0.1, 0.15) is 0 Å². The Morgan fingerprint density at radius 2 is 1.73 bits per heavy atom. The number of amides is 1. The summed E-state index contributed by atoms with van der Waals surface area (Å²) in [6, 6.07) is 4.69. The molecule has 2 fully saturated rings. The second-order valence-electron chi connectivity index (χ2n) is 9.14. The molecule has 1 aromatic carbocycles. The van der Waals surface area contributed by atoms with Gasteiger partial charge in [0.2, 0.25) is 15.9 Å². The highest BCUT2D eigenvalue weighted by Gasteiger charge is 2.37. The lowest BCUT2D eigenvalue weighted by Crippen LogP contribution is -2.52. The van der Waals surface area contributed by atoms with E-state index in [4.69, 9.17) is 27.9 Å². The molecule has 1 saturated heterocycles. The van der Waals surface area contributed by atoms with Crippen molar-refractivity contribution >= 4 is 39.1 Å². The number of carbonyl (C=O) groups excluding carboxylic acids is 1. The van der Waals surface area contributed by atoms with Crippen molar-refractivity contribution in [1.29, 1.82) is 0 Å². The second kappa shape index (κ2) is 11.7. The van der Waals surface area contributed by atoms with Crippen molar-refractivity contribution in [2.75, 3.05) is 46.4 Å². The molecule has 0 spiro atoms. The normalized spacial score (nSPS) is 22.8. The van der Waals surface area contributed by atoms with Crippen LogP contribution in [0.5, 0.6) is 0 Å². The van der Waals surface area contributed by atoms with E-state index in [-0.39, 0.29) is 34.3 Å². The maximum Gasteiger partial charge on any atom is 0.243 e. The summed E-state index contributed by atoms with van der Waals surface area (Å²) in [5.41, 5.74) is 0. The van der Waals surface area contributed by atoms with Crippen LogP contribution in [0.15, 0.2) is 23.1 Å². The van der Waals surface area contributed by atoms with Gasteiger partial charge >= 0.3 is 0 Å². The first-order valence-corrected chi connectivity index (χ1v) is 13.8. The Morgan fingerprint density at radius 3 is 2.27 bits per heavy atom. The van der Waals surface area contributed by atoms with Crippen LogP contribution in [0.1, 0.15) is 39.5 Å². The number of methoxy groups -OCH3 is 1. The summed E-state index contributed by atoms with van der Waals surface area (Å²) in [5.74, 6) is 0.177. The van der Waals surface area contributed by atoms with Gasteiger partial charge in [-0.2, -0.15) is 4.31 Å². The number of rotatable bonds is 8. The molecule has 2 aliphatic rings. The van der Waals surface area contributed by atoms with Crippen LogP contribution in [0, 0.1) is 5.92 Å². The molecule has 186 valence electrons. The van der Waals surface area contributed by atoms with Gasteiger partial charge in [-0.05, 0) is 57.7 Å². The number of halogens is 2. The number of hydrogen-bond acceptors (Lipinski definition) is 5. The third kappa shape index (κ3) is 6.41. The number of ether oxygens (including phenoxy) is 1. The molecular formula is C23H35Cl2N3O4S. The van der Waals surface area contributed by atoms with Crippen LogP contribution >= 0.6 is 23.2 Å². The van der Waals surface area contributed by atoms with Gasteiger partial charge < -0.3 is 9.64 Å². The quantitative estimate of drug-likeness (QED) is 0.523. The Kier molecular flexibility index (Phi) is 9.46. The fourth-order valence-corrected chi connectivity index (χ4v) is 6.84. The number of piperazine rings is 1. The van der Waals surface area contributed by atoms with Gasteiger partial charge in [0.15, 0.2) is 0 Å². The molecule has 0 bridgehead atoms. The minimum atomic E-state index is -3.78. The van der Waals surface area contributed by atoms with Gasteiger partial charge in [0, 0.05) is 57.8 Å². The van der Waals surface area contributed by atoms with Crippen LogP contribution in [0.4, 0.5) is 0 Å². The lowest BCUT2D eigenvalue weighted by atomic mass is 9.85. The highest BCUT2D eigenvalue weighted by molar-refractivity contribution is 7.89. The van der Waals surface area contributed by atoms with E-state index in [1.807, 2.05) is 4.90 Å². The van der Waals surface area contributed by atoms with Crippen molar-refractivity contribution in [3.63, 3.8) is 0 Å². The molecule has 0 N–H and O–H groups in total. The standard InChI is InChI=1S/C23H35Cl2N3O4S/c1-17(2)26-10-12-27(13-11-26)23(29)18-4-6-19(7-5-18)28(14-15-32-3)33(30,31)20-8-9-21(24)22(25)16-20/h8-9,16-19H,4-7,10-15H2,1-3H3/t18-,19-. The molecule has 1 heterocycles. The first kappa shape index (κ1) is 26.7. The molecule has 3 rings (SSSR count). The Morgan fingerprint density at radius 1 is 1.09 bits per heavy atom. The fraction of sp³-hybridized carbons (Fsp3) is 0.696. The van der Waals surface area contributed by atoms with Crippen molar-refractivity contribution in [1.82, 2.24) is 14.1 Å². The highest BCUT2D eigenvalue weighted by Crippen LogP contribution is 2.33. The zero-order valence-corrected chi connectivity index (χ0v) is 22.0. The van der Waals surface area contributed by atoms with Crippen molar-refractivity contribution in [3.8, 4) is 0 Å². The molecule has 0 aromatic heterocycles. The third-order valence-corrected chi connectivity index (χ3v) is 9.51. The van der Waals surface area contributed by atoms with Crippen LogP contribution in [-0.4, -0.2) is 87.0 Å². The summed E-state index contributed by atoms with van der Waals surface area (Å²) < 4.78 is 33.6. The monoisotopic (exact) mass is 519 g/mol. The summed E-state index contributed by atoms with van der Waals surface area (Å²) in [7, 11) is -2.22. The summed E-state index contributed by atoms with van der Waals surface area (Å²) in [5, 5.41) is 0.517. The average molecular weight is 521 g/mol. The molecule has 1 aromatic rings. The van der Waals surface area contributed by atoms with E-state index in [0.29, 0.717) is 43.4 Å². The second-order valence-corrected chi connectivity index (χ2v) is 11.8. The highest BCUT2D eigenvalue weighted by atomic mass is 35.5. The summed E-state index contributed by atoms with van der Waals surface area (Å²) in [6.45, 7) is 8.25. The maximum absolute atomic E-state index is 13.4. The molecular weight excluding hydrogens is 485 g/mol. The van der Waals surface area contributed by atoms with E-state index < -0.39 is 10.0 Å². The summed E-state index contributed by atoms with van der Waals surface area (Å²) in [6.07, 6.45) is 2.67. The van der Waals surface area contributed by atoms with E-state index in [9.17, 15) is 13.2 Å². The predicted octanol–water partition coefficient (Wildman–Crippen LogP) is 3.74. The van der Waals surface area contributed by atoms with Crippen LogP contribution in [-0.2, 0) is 19.6 Å². The molecule has 0 atom stereocenters. The molecule has 7 nitrogen and oxygen atoms in total. The van der Waals surface area contributed by atoms with E-state index in [1.54, 1.807) is 7.11 Å². The predicted molar refractivity (Wildman–Crippen MR) is 131 cm³/mol. The van der Waals surface area contributed by atoms with Crippen LogP contribution < -0.4 is 0 Å². The van der Waals surface area contributed by atoms with Gasteiger partial charge in [0.25, 0.3) is 0 Å². The SMILES string of the molecule is COCCN([C@H]1CC[C@H](C(=O)N2CCN(C(C)C)CC2)CC1)S(=O)(=O)c1ccc(Cl)c(Cl)c1. The number of benzene rings is 1. The summed E-state index contributed by atoms with van der Waals surface area (Å²) in [4.78, 5) is 17.6. The molecule has 0 radical (unpaired) electrons. The van der Waals surface area contributed by atoms with E-state index in [1.165, 1.54) is 22.5 Å². The Labute approximate surface area is 208 Å². The van der Waals surface area contributed by atoms with E-state index >= 15 is 0 Å². The van der Waals surface area contributed by atoms with Gasteiger partial charge in [-0.3, -0.25) is 9.69 Å². The first-order chi connectivity index (χ1) is 15.6. The number of sulfonamides is 1. The molecule has 1 saturated carbocycles.